The smallest absolute Gasteiger partial charge is 0.330 e. The van der Waals surface area contributed by atoms with E-state index in [-0.39, 0.29) is 11.0 Å². The lowest BCUT2D eigenvalue weighted by Gasteiger charge is -2.43. The third kappa shape index (κ3) is 5.41. The van der Waals surface area contributed by atoms with E-state index in [1.165, 1.54) is 23.6 Å². The molecule has 28 heavy (non-hydrogen) atoms. The van der Waals surface area contributed by atoms with Crippen molar-refractivity contribution in [2.45, 2.75) is 25.8 Å². The number of esters is 1. The molecule has 0 aliphatic carbocycles. The van der Waals surface area contributed by atoms with Crippen LogP contribution in [0.25, 0.3) is 0 Å². The summed E-state index contributed by atoms with van der Waals surface area (Å²) in [6.45, 7) is 8.03. The third-order valence-corrected chi connectivity index (χ3v) is 9.67. The molecule has 0 radical (unpaired) electrons. The normalized spacial score (nSPS) is 12.3. The van der Waals surface area contributed by atoms with Crippen molar-refractivity contribution in [3.8, 4) is 0 Å². The van der Waals surface area contributed by atoms with Crippen LogP contribution < -0.4 is 10.4 Å². The Balaban J connectivity index is 2.18. The predicted octanol–water partition coefficient (Wildman–Crippen LogP) is 3.31. The van der Waals surface area contributed by atoms with E-state index in [4.69, 9.17) is 9.16 Å². The highest BCUT2D eigenvalue weighted by Gasteiger charge is 2.49. The molecule has 0 aromatic heterocycles. The van der Waals surface area contributed by atoms with Crippen molar-refractivity contribution in [2.24, 2.45) is 0 Å². The van der Waals surface area contributed by atoms with Crippen LogP contribution in [-0.2, 0) is 18.7 Å². The molecule has 0 saturated carbocycles. The second-order valence-electron chi connectivity index (χ2n) is 7.51. The summed E-state index contributed by atoms with van der Waals surface area (Å²) in [5.74, 6) is -0.382. The number of hydrogen-bond donors (Lipinski definition) is 0. The minimum atomic E-state index is -2.51. The maximum absolute atomic E-state index is 11.1. The Morgan fingerprint density at radius 3 is 1.93 bits per heavy atom. The van der Waals surface area contributed by atoms with Crippen molar-refractivity contribution in [1.82, 2.24) is 0 Å². The van der Waals surface area contributed by atoms with Crippen LogP contribution in [0.5, 0.6) is 0 Å². The molecule has 0 bridgehead atoms. The molecule has 0 atom stereocenters. The van der Waals surface area contributed by atoms with Crippen molar-refractivity contribution in [3.63, 3.8) is 0 Å². The Labute approximate surface area is 169 Å². The number of methoxy groups -OCH3 is 1. The fourth-order valence-electron chi connectivity index (χ4n) is 3.38. The van der Waals surface area contributed by atoms with E-state index in [0.717, 1.165) is 0 Å². The minimum Gasteiger partial charge on any atom is -0.466 e. The predicted molar refractivity (Wildman–Crippen MR) is 116 cm³/mol. The van der Waals surface area contributed by atoms with Crippen LogP contribution in [0.1, 0.15) is 20.8 Å². The van der Waals surface area contributed by atoms with Gasteiger partial charge in [-0.3, -0.25) is 0 Å². The van der Waals surface area contributed by atoms with Gasteiger partial charge in [-0.05, 0) is 15.4 Å². The highest BCUT2D eigenvalue weighted by Crippen LogP contribution is 2.36. The summed E-state index contributed by atoms with van der Waals surface area (Å²) in [6.07, 6.45) is 3.01. The van der Waals surface area contributed by atoms with Gasteiger partial charge in [-0.15, -0.1) is 0 Å². The number of hydrogen-bond acceptors (Lipinski definition) is 4. The summed E-state index contributed by atoms with van der Waals surface area (Å²) in [5, 5.41) is 2.44. The zero-order chi connectivity index (χ0) is 20.5. The molecule has 2 aromatic carbocycles. The largest absolute Gasteiger partial charge is 0.466 e. The van der Waals surface area contributed by atoms with Crippen LogP contribution in [0.2, 0.25) is 5.04 Å². The summed E-state index contributed by atoms with van der Waals surface area (Å²) >= 11 is 0. The zero-order valence-electron chi connectivity index (χ0n) is 17.2. The number of carbonyl (C=O) groups is 1. The molecule has 5 heteroatoms. The van der Waals surface area contributed by atoms with Crippen molar-refractivity contribution in [3.05, 3.63) is 72.8 Å². The molecule has 0 fully saturated rings. The molecular formula is C23H30O4Si. The SMILES string of the molecule is COC(=O)/C=C/COCCO[Si](c1ccccc1)(c1ccccc1)C(C)(C)C. The van der Waals surface area contributed by atoms with E-state index in [2.05, 4.69) is 74.0 Å². The molecule has 0 amide bonds. The average molecular weight is 399 g/mol. The van der Waals surface area contributed by atoms with Gasteiger partial charge in [-0.2, -0.15) is 0 Å². The summed E-state index contributed by atoms with van der Waals surface area (Å²) in [5.41, 5.74) is 0. The standard InChI is InChI=1S/C23H30O4Si/c1-23(2,3)28(20-12-7-5-8-13-20,21-14-9-6-10-15-21)27-19-18-26-17-11-16-22(24)25-4/h5-16H,17-19H2,1-4H3/b16-11+. The average Bonchev–Trinajstić information content (AvgIpc) is 2.70. The molecule has 0 saturated heterocycles. The van der Waals surface area contributed by atoms with Crippen LogP contribution in [0.15, 0.2) is 72.8 Å². The van der Waals surface area contributed by atoms with E-state index >= 15 is 0 Å². The summed E-state index contributed by atoms with van der Waals surface area (Å²) < 4.78 is 16.9. The van der Waals surface area contributed by atoms with Gasteiger partial charge in [0.05, 0.1) is 26.9 Å². The van der Waals surface area contributed by atoms with Gasteiger partial charge in [-0.1, -0.05) is 87.5 Å². The first kappa shape index (κ1) is 22.1. The number of carbonyl (C=O) groups excluding carboxylic acids is 1. The Kier molecular flexibility index (Phi) is 8.17. The molecule has 2 aromatic rings. The minimum absolute atomic E-state index is 0.0551. The van der Waals surface area contributed by atoms with E-state index in [9.17, 15) is 4.79 Å². The van der Waals surface area contributed by atoms with Crippen molar-refractivity contribution >= 4 is 24.7 Å². The lowest BCUT2D eigenvalue weighted by atomic mass is 10.2. The number of rotatable bonds is 9. The van der Waals surface area contributed by atoms with Crippen LogP contribution in [0.3, 0.4) is 0 Å². The first-order valence-corrected chi connectivity index (χ1v) is 11.4. The highest BCUT2D eigenvalue weighted by atomic mass is 28.4. The van der Waals surface area contributed by atoms with Crippen molar-refractivity contribution in [2.75, 3.05) is 26.9 Å². The van der Waals surface area contributed by atoms with Gasteiger partial charge in [0.25, 0.3) is 8.32 Å². The first-order chi connectivity index (χ1) is 13.4. The van der Waals surface area contributed by atoms with Gasteiger partial charge in [0.2, 0.25) is 0 Å². The van der Waals surface area contributed by atoms with Gasteiger partial charge >= 0.3 is 5.97 Å². The molecule has 150 valence electrons. The molecule has 0 unspecified atom stereocenters. The molecule has 2 rings (SSSR count). The number of benzene rings is 2. The molecule has 0 aliphatic heterocycles. The van der Waals surface area contributed by atoms with E-state index in [1.807, 2.05) is 12.1 Å². The van der Waals surface area contributed by atoms with Crippen LogP contribution in [0.4, 0.5) is 0 Å². The zero-order valence-corrected chi connectivity index (χ0v) is 18.2. The second kappa shape index (κ2) is 10.4. The first-order valence-electron chi connectivity index (χ1n) is 9.49. The maximum Gasteiger partial charge on any atom is 0.330 e. The maximum atomic E-state index is 11.1. The van der Waals surface area contributed by atoms with Gasteiger partial charge < -0.3 is 13.9 Å². The van der Waals surface area contributed by atoms with Crippen LogP contribution in [0, 0.1) is 0 Å². The third-order valence-electron chi connectivity index (χ3n) is 4.63. The fraction of sp³-hybridized carbons (Fsp3) is 0.348. The molecule has 0 spiro atoms. The summed E-state index contributed by atoms with van der Waals surface area (Å²) in [6, 6.07) is 21.0. The van der Waals surface area contributed by atoms with E-state index in [1.54, 1.807) is 6.08 Å². The Hall–Kier alpha value is -2.21. The van der Waals surface area contributed by atoms with Gasteiger partial charge in [0, 0.05) is 6.08 Å². The molecule has 0 N–H and O–H groups in total. The fourth-order valence-corrected chi connectivity index (χ4v) is 7.92. The molecular weight excluding hydrogens is 368 g/mol. The van der Waals surface area contributed by atoms with Gasteiger partial charge in [0.15, 0.2) is 0 Å². The molecule has 0 aliphatic rings. The lowest BCUT2D eigenvalue weighted by Crippen LogP contribution is -2.66. The van der Waals surface area contributed by atoms with E-state index in [0.29, 0.717) is 19.8 Å². The Morgan fingerprint density at radius 1 is 0.929 bits per heavy atom. The Morgan fingerprint density at radius 2 is 1.46 bits per heavy atom. The molecule has 0 heterocycles. The summed E-state index contributed by atoms with van der Waals surface area (Å²) in [4.78, 5) is 11.1. The monoisotopic (exact) mass is 398 g/mol. The lowest BCUT2D eigenvalue weighted by molar-refractivity contribution is -0.134. The topological polar surface area (TPSA) is 44.8 Å². The highest BCUT2D eigenvalue weighted by molar-refractivity contribution is 6.99. The van der Waals surface area contributed by atoms with Gasteiger partial charge in [-0.25, -0.2) is 4.79 Å². The van der Waals surface area contributed by atoms with Crippen LogP contribution in [-0.4, -0.2) is 41.2 Å². The van der Waals surface area contributed by atoms with E-state index < -0.39 is 8.32 Å². The summed E-state index contributed by atoms with van der Waals surface area (Å²) in [7, 11) is -1.16. The number of ether oxygens (including phenoxy) is 2. The van der Waals surface area contributed by atoms with Crippen LogP contribution >= 0.6 is 0 Å². The van der Waals surface area contributed by atoms with Gasteiger partial charge in [0.1, 0.15) is 0 Å². The second-order valence-corrected chi connectivity index (χ2v) is 11.8. The van der Waals surface area contributed by atoms with Crippen molar-refractivity contribution < 1.29 is 18.7 Å². The quantitative estimate of drug-likeness (QED) is 0.281. The molecule has 4 nitrogen and oxygen atoms in total. The van der Waals surface area contributed by atoms with Crippen molar-refractivity contribution in [1.29, 1.82) is 0 Å². The Bertz CT molecular complexity index is 712.